The van der Waals surface area contributed by atoms with Gasteiger partial charge in [-0.1, -0.05) is 15.9 Å². The van der Waals surface area contributed by atoms with Crippen molar-refractivity contribution in [3.63, 3.8) is 0 Å². The molecule has 0 radical (unpaired) electrons. The maximum Gasteiger partial charge on any atom is 0.297 e. The molecule has 1 N–H and O–H groups in total. The Kier molecular flexibility index (Phi) is 4.14. The number of hydrogen-bond acceptors (Lipinski definition) is 6. The average molecular weight is 391 g/mol. The molecule has 24 heavy (non-hydrogen) atoms. The first kappa shape index (κ1) is 16.2. The van der Waals surface area contributed by atoms with Gasteiger partial charge in [0.15, 0.2) is 0 Å². The molecule has 124 valence electrons. The number of nitrogens with one attached hydrogen (secondary N) is 1. The summed E-state index contributed by atoms with van der Waals surface area (Å²) in [5.41, 5.74) is 0.868. The first-order valence-corrected chi connectivity index (χ1v) is 7.90. The minimum absolute atomic E-state index is 0.00515. The van der Waals surface area contributed by atoms with E-state index in [9.17, 15) is 4.79 Å². The van der Waals surface area contributed by atoms with E-state index in [1.165, 1.54) is 11.1 Å². The van der Waals surface area contributed by atoms with Gasteiger partial charge in [0, 0.05) is 4.47 Å². The van der Waals surface area contributed by atoms with Crippen molar-refractivity contribution in [1.82, 2.24) is 35.0 Å². The van der Waals surface area contributed by atoms with E-state index in [0.717, 1.165) is 4.47 Å². The molecule has 0 aliphatic heterocycles. The van der Waals surface area contributed by atoms with Crippen molar-refractivity contribution in [2.45, 2.75) is 26.3 Å². The lowest BCUT2D eigenvalue weighted by atomic mass is 10.1. The number of hydrogen-bond donors (Lipinski definition) is 1. The number of aromatic nitrogens is 7. The number of rotatable bonds is 3. The third-order valence-corrected chi connectivity index (χ3v) is 3.58. The maximum atomic E-state index is 12.4. The van der Waals surface area contributed by atoms with Crippen LogP contribution in [-0.2, 0) is 5.54 Å². The summed E-state index contributed by atoms with van der Waals surface area (Å²) in [6.45, 7) is 5.77. The minimum Gasteiger partial charge on any atom is -0.317 e. The van der Waals surface area contributed by atoms with Crippen LogP contribution in [0.3, 0.4) is 0 Å². The van der Waals surface area contributed by atoms with Crippen molar-refractivity contribution in [2.24, 2.45) is 0 Å². The summed E-state index contributed by atoms with van der Waals surface area (Å²) in [7, 11) is 0. The first-order valence-electron chi connectivity index (χ1n) is 7.11. The number of amides is 1. The molecule has 0 unspecified atom stereocenters. The topological polar surface area (TPSA) is 103 Å². The molecule has 3 aromatic rings. The molecule has 0 saturated carbocycles. The van der Waals surface area contributed by atoms with E-state index in [0.29, 0.717) is 11.4 Å². The van der Waals surface area contributed by atoms with Gasteiger partial charge >= 0.3 is 0 Å². The molecule has 1 aromatic carbocycles. The molecule has 0 spiro atoms. The quantitative estimate of drug-likeness (QED) is 0.733. The first-order chi connectivity index (χ1) is 11.3. The number of nitrogens with zero attached hydrogens (tertiary/aromatic N) is 7. The third kappa shape index (κ3) is 3.32. The van der Waals surface area contributed by atoms with Crippen LogP contribution >= 0.6 is 15.9 Å². The summed E-state index contributed by atoms with van der Waals surface area (Å²) in [6.07, 6.45) is 2.97. The van der Waals surface area contributed by atoms with Gasteiger partial charge in [0.05, 0.1) is 16.9 Å². The average Bonchev–Trinajstić information content (AvgIpc) is 3.18. The van der Waals surface area contributed by atoms with E-state index < -0.39 is 5.91 Å². The molecule has 0 bridgehead atoms. The number of carbonyl (C=O) groups excluding carboxylic acids is 1. The number of carbonyl (C=O) groups is 1. The smallest absolute Gasteiger partial charge is 0.297 e. The van der Waals surface area contributed by atoms with Crippen LogP contribution in [0.15, 0.2) is 35.3 Å². The van der Waals surface area contributed by atoms with E-state index in [1.54, 1.807) is 17.1 Å². The number of anilines is 1. The second-order valence-corrected chi connectivity index (χ2v) is 6.94. The Hall–Kier alpha value is -2.62. The lowest BCUT2D eigenvalue weighted by molar-refractivity contribution is 0.101. The molecule has 2 heterocycles. The highest BCUT2D eigenvalue weighted by atomic mass is 79.9. The van der Waals surface area contributed by atoms with Crippen LogP contribution in [-0.4, -0.2) is 40.9 Å². The van der Waals surface area contributed by atoms with Gasteiger partial charge in [0.25, 0.3) is 11.7 Å². The maximum absolute atomic E-state index is 12.4. The predicted molar refractivity (Wildman–Crippen MR) is 89.8 cm³/mol. The fourth-order valence-corrected chi connectivity index (χ4v) is 2.27. The van der Waals surface area contributed by atoms with E-state index in [-0.39, 0.29) is 11.4 Å². The van der Waals surface area contributed by atoms with Crippen LogP contribution in [0.4, 0.5) is 5.69 Å². The van der Waals surface area contributed by atoms with Crippen LogP contribution in [0.1, 0.15) is 31.4 Å². The van der Waals surface area contributed by atoms with Gasteiger partial charge in [-0.2, -0.15) is 9.90 Å². The second kappa shape index (κ2) is 6.11. The van der Waals surface area contributed by atoms with Crippen molar-refractivity contribution in [1.29, 1.82) is 0 Å². The summed E-state index contributed by atoms with van der Waals surface area (Å²) in [6, 6.07) is 5.43. The van der Waals surface area contributed by atoms with Crippen molar-refractivity contribution in [3.05, 3.63) is 41.2 Å². The minimum atomic E-state index is -0.454. The van der Waals surface area contributed by atoms with Crippen molar-refractivity contribution >= 4 is 27.5 Å². The molecule has 0 aliphatic carbocycles. The summed E-state index contributed by atoms with van der Waals surface area (Å²) in [4.78, 5) is 17.8. The molecular weight excluding hydrogens is 376 g/mol. The molecular formula is C14H15BrN8O. The van der Waals surface area contributed by atoms with Crippen molar-refractivity contribution in [3.8, 4) is 5.69 Å². The van der Waals surface area contributed by atoms with Gasteiger partial charge in [0.2, 0.25) is 0 Å². The molecule has 10 heteroatoms. The zero-order valence-electron chi connectivity index (χ0n) is 13.3. The largest absolute Gasteiger partial charge is 0.317 e. The van der Waals surface area contributed by atoms with E-state index >= 15 is 0 Å². The fourth-order valence-electron chi connectivity index (χ4n) is 1.91. The zero-order valence-corrected chi connectivity index (χ0v) is 14.9. The lowest BCUT2D eigenvalue weighted by Crippen LogP contribution is -2.25. The highest BCUT2D eigenvalue weighted by Gasteiger charge is 2.21. The third-order valence-electron chi connectivity index (χ3n) is 3.09. The van der Waals surface area contributed by atoms with E-state index in [2.05, 4.69) is 46.7 Å². The standard InChI is InChI=1S/C14H15BrN8O/c1-14(2,3)23-20-12(19-21-23)13(24)18-10-6-9(15)4-5-11(10)22-8-16-7-17-22/h4-8H,1-3H3,(H,18,24). The van der Waals surface area contributed by atoms with E-state index in [4.69, 9.17) is 0 Å². The SMILES string of the molecule is CC(C)(C)n1nnc(C(=O)Nc2cc(Br)ccc2-n2cncn2)n1. The predicted octanol–water partition coefficient (Wildman–Crippen LogP) is 2.02. The summed E-state index contributed by atoms with van der Waals surface area (Å²) in [5, 5.41) is 18.7. The van der Waals surface area contributed by atoms with Crippen LogP contribution < -0.4 is 5.32 Å². The molecule has 3 rings (SSSR count). The van der Waals surface area contributed by atoms with Crippen LogP contribution in [0.25, 0.3) is 5.69 Å². The highest BCUT2D eigenvalue weighted by molar-refractivity contribution is 9.10. The Morgan fingerprint density at radius 2 is 2.08 bits per heavy atom. The monoisotopic (exact) mass is 390 g/mol. The normalized spacial score (nSPS) is 11.5. The number of halogens is 1. The Morgan fingerprint density at radius 3 is 2.71 bits per heavy atom. The molecule has 1 amide bonds. The fraction of sp³-hybridized carbons (Fsp3) is 0.286. The van der Waals surface area contributed by atoms with Crippen LogP contribution in [0, 0.1) is 0 Å². The van der Waals surface area contributed by atoms with Crippen LogP contribution in [0.2, 0.25) is 0 Å². The Bertz CT molecular complexity index is 865. The van der Waals surface area contributed by atoms with Gasteiger partial charge in [0.1, 0.15) is 12.7 Å². The molecule has 0 atom stereocenters. The van der Waals surface area contributed by atoms with E-state index in [1.807, 2.05) is 32.9 Å². The highest BCUT2D eigenvalue weighted by Crippen LogP contribution is 2.24. The summed E-state index contributed by atoms with van der Waals surface area (Å²) < 4.78 is 2.37. The van der Waals surface area contributed by atoms with Gasteiger partial charge < -0.3 is 5.32 Å². The van der Waals surface area contributed by atoms with Gasteiger partial charge in [-0.05, 0) is 44.2 Å². The molecule has 9 nitrogen and oxygen atoms in total. The number of benzene rings is 1. The second-order valence-electron chi connectivity index (χ2n) is 6.03. The summed E-state index contributed by atoms with van der Waals surface area (Å²) >= 11 is 3.39. The van der Waals surface area contributed by atoms with Crippen molar-refractivity contribution in [2.75, 3.05) is 5.32 Å². The Morgan fingerprint density at radius 1 is 1.29 bits per heavy atom. The molecule has 2 aromatic heterocycles. The molecule has 0 fully saturated rings. The Labute approximate surface area is 146 Å². The Balaban J connectivity index is 1.90. The lowest BCUT2D eigenvalue weighted by Gasteiger charge is -2.15. The number of tetrazole rings is 1. The van der Waals surface area contributed by atoms with Gasteiger partial charge in [-0.25, -0.2) is 9.67 Å². The van der Waals surface area contributed by atoms with Gasteiger partial charge in [-0.15, -0.1) is 10.2 Å². The van der Waals surface area contributed by atoms with Gasteiger partial charge in [-0.3, -0.25) is 4.79 Å². The van der Waals surface area contributed by atoms with Crippen LogP contribution in [0.5, 0.6) is 0 Å². The summed E-state index contributed by atoms with van der Waals surface area (Å²) in [5.74, 6) is -0.459. The molecule has 0 aliphatic rings. The zero-order chi connectivity index (χ0) is 17.3. The molecule has 0 saturated heterocycles. The van der Waals surface area contributed by atoms with Crippen molar-refractivity contribution < 1.29 is 4.79 Å².